The van der Waals surface area contributed by atoms with Crippen molar-refractivity contribution in [1.29, 1.82) is 0 Å². The molecule has 0 amide bonds. The Morgan fingerprint density at radius 1 is 1.09 bits per heavy atom. The molecule has 0 bridgehead atoms. The Bertz CT molecular complexity index is 651. The van der Waals surface area contributed by atoms with Crippen LogP contribution < -0.4 is 4.74 Å². The van der Waals surface area contributed by atoms with Crippen molar-refractivity contribution in [3.8, 4) is 5.75 Å². The topological polar surface area (TPSA) is 83.8 Å². The van der Waals surface area contributed by atoms with Gasteiger partial charge in [-0.3, -0.25) is 9.59 Å². The van der Waals surface area contributed by atoms with Crippen molar-refractivity contribution in [2.45, 2.75) is 12.0 Å². The third kappa shape index (κ3) is 4.25. The second-order valence-electron chi connectivity index (χ2n) is 5.13. The molecule has 0 aromatic heterocycles. The first-order valence-electron chi connectivity index (χ1n) is 7.20. The molecule has 1 atom stereocenters. The number of hydrogen-bond donors (Lipinski definition) is 2. The fourth-order valence-corrected chi connectivity index (χ4v) is 2.20. The quantitative estimate of drug-likeness (QED) is 0.437. The Hall–Kier alpha value is -2.50. The zero-order chi connectivity index (χ0) is 16.7. The predicted molar refractivity (Wildman–Crippen MR) is 84.5 cm³/mol. The standard InChI is InChI=1S/C18H18O5/c19-10-11-23-16-8-6-15(7-9-16)17(21)18(22,13-20)12-14-4-2-1-3-5-14/h1-9,13,19,22H,10-12H2. The van der Waals surface area contributed by atoms with Crippen LogP contribution in [-0.2, 0) is 11.2 Å². The monoisotopic (exact) mass is 314 g/mol. The summed E-state index contributed by atoms with van der Waals surface area (Å²) in [6, 6.07) is 14.9. The van der Waals surface area contributed by atoms with Gasteiger partial charge in [0.15, 0.2) is 11.9 Å². The van der Waals surface area contributed by atoms with Crippen LogP contribution in [0, 0.1) is 0 Å². The maximum Gasteiger partial charge on any atom is 0.202 e. The lowest BCUT2D eigenvalue weighted by Gasteiger charge is -2.20. The number of aldehydes is 1. The third-order valence-electron chi connectivity index (χ3n) is 3.38. The van der Waals surface area contributed by atoms with Crippen LogP contribution >= 0.6 is 0 Å². The number of ketones is 1. The highest BCUT2D eigenvalue weighted by Crippen LogP contribution is 2.20. The summed E-state index contributed by atoms with van der Waals surface area (Å²) in [5.74, 6) is -0.168. The molecule has 5 heteroatoms. The van der Waals surface area contributed by atoms with Gasteiger partial charge < -0.3 is 14.9 Å². The van der Waals surface area contributed by atoms with Gasteiger partial charge in [-0.25, -0.2) is 0 Å². The van der Waals surface area contributed by atoms with E-state index in [2.05, 4.69) is 0 Å². The van der Waals surface area contributed by atoms with Crippen molar-refractivity contribution in [3.05, 3.63) is 65.7 Å². The van der Waals surface area contributed by atoms with Crippen molar-refractivity contribution in [3.63, 3.8) is 0 Å². The number of hydrogen-bond acceptors (Lipinski definition) is 5. The summed E-state index contributed by atoms with van der Waals surface area (Å²) >= 11 is 0. The van der Waals surface area contributed by atoms with Gasteiger partial charge in [0.2, 0.25) is 5.78 Å². The highest BCUT2D eigenvalue weighted by molar-refractivity contribution is 6.11. The number of carbonyl (C=O) groups excluding carboxylic acids is 2. The predicted octanol–water partition coefficient (Wildman–Crippen LogP) is 1.41. The van der Waals surface area contributed by atoms with Crippen molar-refractivity contribution in [2.75, 3.05) is 13.2 Å². The number of Topliss-reactive ketones (excluding diaryl/α,β-unsaturated/α-hetero) is 1. The van der Waals surface area contributed by atoms with Crippen LogP contribution in [0.5, 0.6) is 5.75 Å². The van der Waals surface area contributed by atoms with Gasteiger partial charge in [0.25, 0.3) is 0 Å². The van der Waals surface area contributed by atoms with Gasteiger partial charge >= 0.3 is 0 Å². The molecular formula is C18H18O5. The number of ether oxygens (including phenoxy) is 1. The molecule has 0 saturated carbocycles. The molecular weight excluding hydrogens is 296 g/mol. The number of benzene rings is 2. The van der Waals surface area contributed by atoms with Crippen LogP contribution in [0.2, 0.25) is 0 Å². The minimum Gasteiger partial charge on any atom is -0.491 e. The first-order chi connectivity index (χ1) is 11.1. The van der Waals surface area contributed by atoms with E-state index in [-0.39, 0.29) is 31.5 Å². The van der Waals surface area contributed by atoms with Gasteiger partial charge in [-0.15, -0.1) is 0 Å². The summed E-state index contributed by atoms with van der Waals surface area (Å²) in [4.78, 5) is 23.8. The zero-order valence-corrected chi connectivity index (χ0v) is 12.5. The van der Waals surface area contributed by atoms with Crippen LogP contribution in [0.25, 0.3) is 0 Å². The summed E-state index contributed by atoms with van der Waals surface area (Å²) in [6.45, 7) is 0.0439. The lowest BCUT2D eigenvalue weighted by molar-refractivity contribution is -0.120. The van der Waals surface area contributed by atoms with Gasteiger partial charge in [-0.2, -0.15) is 0 Å². The minimum absolute atomic E-state index is 0.0844. The molecule has 2 N–H and O–H groups in total. The van der Waals surface area contributed by atoms with E-state index in [4.69, 9.17) is 9.84 Å². The fourth-order valence-electron chi connectivity index (χ4n) is 2.20. The second-order valence-corrected chi connectivity index (χ2v) is 5.13. The molecule has 2 aromatic rings. The Morgan fingerprint density at radius 2 is 1.74 bits per heavy atom. The average molecular weight is 314 g/mol. The fraction of sp³-hybridized carbons (Fsp3) is 0.222. The Morgan fingerprint density at radius 3 is 2.30 bits per heavy atom. The molecule has 23 heavy (non-hydrogen) atoms. The average Bonchev–Trinajstić information content (AvgIpc) is 2.60. The van der Waals surface area contributed by atoms with Crippen molar-refractivity contribution in [2.24, 2.45) is 0 Å². The molecule has 1 unspecified atom stereocenters. The highest BCUT2D eigenvalue weighted by Gasteiger charge is 2.36. The lowest BCUT2D eigenvalue weighted by atomic mass is 9.88. The van der Waals surface area contributed by atoms with Crippen LogP contribution in [0.3, 0.4) is 0 Å². The summed E-state index contributed by atoms with van der Waals surface area (Å²) in [7, 11) is 0. The summed E-state index contributed by atoms with van der Waals surface area (Å²) in [5, 5.41) is 19.1. The molecule has 0 aliphatic carbocycles. The van der Waals surface area contributed by atoms with Gasteiger partial charge in [-0.1, -0.05) is 30.3 Å². The van der Waals surface area contributed by atoms with Crippen molar-refractivity contribution < 1.29 is 24.5 Å². The molecule has 0 aliphatic heterocycles. The molecule has 0 fully saturated rings. The SMILES string of the molecule is O=CC(O)(Cc1ccccc1)C(=O)c1ccc(OCCO)cc1. The summed E-state index contributed by atoms with van der Waals surface area (Å²) in [5.41, 5.74) is -1.19. The van der Waals surface area contributed by atoms with E-state index < -0.39 is 11.4 Å². The summed E-state index contributed by atoms with van der Waals surface area (Å²) < 4.78 is 5.20. The minimum atomic E-state index is -2.10. The maximum absolute atomic E-state index is 12.5. The largest absolute Gasteiger partial charge is 0.491 e. The first kappa shape index (κ1) is 16.9. The van der Waals surface area contributed by atoms with E-state index in [0.717, 1.165) is 0 Å². The van der Waals surface area contributed by atoms with Crippen LogP contribution in [0.1, 0.15) is 15.9 Å². The van der Waals surface area contributed by atoms with Gasteiger partial charge in [0, 0.05) is 12.0 Å². The molecule has 0 saturated heterocycles. The van der Waals surface area contributed by atoms with E-state index in [9.17, 15) is 14.7 Å². The molecule has 5 nitrogen and oxygen atoms in total. The highest BCUT2D eigenvalue weighted by atomic mass is 16.5. The maximum atomic E-state index is 12.5. The van der Waals surface area contributed by atoms with Gasteiger partial charge in [-0.05, 0) is 29.8 Å². The van der Waals surface area contributed by atoms with Gasteiger partial charge in [0.1, 0.15) is 12.4 Å². The molecule has 2 aromatic carbocycles. The third-order valence-corrected chi connectivity index (χ3v) is 3.38. The number of aliphatic hydroxyl groups is 2. The molecule has 0 aliphatic rings. The van der Waals surface area contributed by atoms with E-state index in [1.807, 2.05) is 6.07 Å². The molecule has 0 spiro atoms. The Balaban J connectivity index is 2.17. The second kappa shape index (κ2) is 7.67. The molecule has 0 heterocycles. The van der Waals surface area contributed by atoms with Crippen LogP contribution in [-0.4, -0.2) is 41.1 Å². The number of aliphatic hydroxyl groups excluding tert-OH is 1. The number of carbonyl (C=O) groups is 2. The van der Waals surface area contributed by atoms with Crippen LogP contribution in [0.4, 0.5) is 0 Å². The van der Waals surface area contributed by atoms with E-state index in [0.29, 0.717) is 11.3 Å². The van der Waals surface area contributed by atoms with E-state index >= 15 is 0 Å². The first-order valence-corrected chi connectivity index (χ1v) is 7.20. The molecule has 0 radical (unpaired) electrons. The Labute approximate surface area is 134 Å². The zero-order valence-electron chi connectivity index (χ0n) is 12.5. The Kier molecular flexibility index (Phi) is 5.62. The van der Waals surface area contributed by atoms with E-state index in [1.54, 1.807) is 36.4 Å². The smallest absolute Gasteiger partial charge is 0.202 e. The van der Waals surface area contributed by atoms with Crippen LogP contribution in [0.15, 0.2) is 54.6 Å². The van der Waals surface area contributed by atoms with Crippen molar-refractivity contribution >= 4 is 12.1 Å². The number of rotatable bonds is 8. The molecule has 120 valence electrons. The molecule has 2 rings (SSSR count). The van der Waals surface area contributed by atoms with Gasteiger partial charge in [0.05, 0.1) is 6.61 Å². The summed E-state index contributed by atoms with van der Waals surface area (Å²) in [6.07, 6.45) is 0.192. The normalized spacial score (nSPS) is 13.1. The van der Waals surface area contributed by atoms with Crippen molar-refractivity contribution in [1.82, 2.24) is 0 Å². The lowest BCUT2D eigenvalue weighted by Crippen LogP contribution is -2.42. The van der Waals surface area contributed by atoms with E-state index in [1.165, 1.54) is 12.1 Å².